The molecule has 0 aromatic rings. The Morgan fingerprint density at radius 3 is 0.723 bits per heavy atom. The lowest BCUT2D eigenvalue weighted by atomic mass is 9.94. The summed E-state index contributed by atoms with van der Waals surface area (Å²) in [6.07, 6.45) is -68.4. The molecule has 21 aliphatic rings. The highest BCUT2D eigenvalue weighted by Crippen LogP contribution is 2.40. The Morgan fingerprint density at radius 2 is 0.505 bits per heavy atom. The summed E-state index contributed by atoms with van der Waals surface area (Å²) < 4.78 is 92.3. The Labute approximate surface area is 573 Å². The lowest BCUT2D eigenvalue weighted by Crippen LogP contribution is -2.69. The molecule has 101 heavy (non-hydrogen) atoms. The molecule has 0 amide bonds. The number of nitrogens with two attached hydrogens (primary N) is 13. The minimum atomic E-state index is -2.26. The highest BCUT2D eigenvalue weighted by molar-refractivity contribution is 5.77. The molecule has 0 aromatic heterocycles. The fraction of sp³-hybridized carbons (Fsp3) is 0.827. The number of hydrogen-bond acceptors (Lipinski definition) is 35. The van der Waals surface area contributed by atoms with E-state index < -0.39 is 302 Å². The van der Waals surface area contributed by atoms with Crippen molar-refractivity contribution < 1.29 is 137 Å². The van der Waals surface area contributed by atoms with Crippen LogP contribution in [0.15, 0.2) is 42.6 Å². The first-order valence-corrected chi connectivity index (χ1v) is 31.3. The van der Waals surface area contributed by atoms with E-state index in [1.54, 1.807) is 0 Å². The van der Waals surface area contributed by atoms with Gasteiger partial charge in [-0.05, 0) is 0 Å². The van der Waals surface area contributed by atoms with Crippen molar-refractivity contribution in [1.82, 2.24) is 5.32 Å². The average molecular weight is 1460 g/mol. The number of nitrogens with zero attached hydrogens (tertiary/aromatic N) is 6. The van der Waals surface area contributed by atoms with E-state index in [2.05, 4.69) is 41.9 Å². The van der Waals surface area contributed by atoms with E-state index in [-0.39, 0.29) is 6.61 Å². The normalized spacial score (nSPS) is 44.4. The second-order valence-electron chi connectivity index (χ2n) is 24.4. The van der Waals surface area contributed by atoms with Crippen molar-refractivity contribution in [3.63, 3.8) is 0 Å². The molecule has 576 valence electrons. The highest BCUT2D eigenvalue weighted by atomic mass is 16.8. The molecule has 35 unspecified atom stereocenters. The summed E-state index contributed by atoms with van der Waals surface area (Å²) >= 11 is 0. The fourth-order valence-corrected chi connectivity index (χ4v) is 12.2. The fourth-order valence-electron chi connectivity index (χ4n) is 12.2. The maximum Gasteiger partial charge on any atom is 0.187 e. The number of hydrogen-bond donors (Lipinski definition) is 28. The molecular formula is C52H95N21O28. The Morgan fingerprint density at radius 1 is 0.307 bits per heavy atom. The van der Waals surface area contributed by atoms with Gasteiger partial charge >= 0.3 is 0 Å². The molecule has 21 rings (SSSR count). The van der Waals surface area contributed by atoms with Crippen molar-refractivity contribution in [2.45, 2.75) is 215 Å². The van der Waals surface area contributed by atoms with E-state index in [0.29, 0.717) is 0 Å². The molecular weight excluding hydrogens is 1370 g/mol. The number of aliphatic hydroxyl groups excluding tert-OH is 13. The summed E-state index contributed by atoms with van der Waals surface area (Å²) in [6.45, 7) is -1.16. The second-order valence-corrected chi connectivity index (χ2v) is 24.4. The van der Waals surface area contributed by atoms with Gasteiger partial charge in [-0.1, -0.05) is 6.08 Å². The monoisotopic (exact) mass is 1460 g/mol. The van der Waals surface area contributed by atoms with Crippen molar-refractivity contribution in [3.05, 3.63) is 12.7 Å². The topological polar surface area (TPSA) is 850 Å². The van der Waals surface area contributed by atoms with Crippen molar-refractivity contribution in [2.75, 3.05) is 52.4 Å². The zero-order chi connectivity index (χ0) is 74.2. The molecule has 41 N–H and O–H groups in total. The van der Waals surface area contributed by atoms with Gasteiger partial charge in [0.2, 0.25) is 0 Å². The van der Waals surface area contributed by atoms with E-state index in [9.17, 15) is 66.4 Å². The predicted octanol–water partition coefficient (Wildman–Crippen LogP) is -18.8. The van der Waals surface area contributed by atoms with E-state index >= 15 is 0 Å². The molecule has 49 nitrogen and oxygen atoms in total. The summed E-state index contributed by atoms with van der Waals surface area (Å²) in [6, 6.07) is 0. The zero-order valence-electron chi connectivity index (χ0n) is 53.8. The van der Waals surface area contributed by atoms with Crippen LogP contribution in [0.5, 0.6) is 0 Å². The summed E-state index contributed by atoms with van der Waals surface area (Å²) in [5, 5.41) is 166. The predicted molar refractivity (Wildman–Crippen MR) is 337 cm³/mol. The molecule has 14 bridgehead atoms. The van der Waals surface area contributed by atoms with Gasteiger partial charge in [-0.15, -0.1) is 6.58 Å². The lowest BCUT2D eigenvalue weighted by Gasteiger charge is -2.50. The first-order chi connectivity index (χ1) is 47.7. The molecule has 0 aliphatic carbocycles. The van der Waals surface area contributed by atoms with Crippen molar-refractivity contribution in [2.24, 2.45) is 104 Å². The molecule has 49 heteroatoms. The van der Waals surface area contributed by atoms with E-state index in [1.165, 1.54) is 6.08 Å². The van der Waals surface area contributed by atoms with Crippen LogP contribution in [0.2, 0.25) is 0 Å². The molecule has 0 spiro atoms. The van der Waals surface area contributed by atoms with E-state index in [4.69, 9.17) is 151 Å². The Bertz CT molecular complexity index is 2890. The smallest absolute Gasteiger partial charge is 0.187 e. The van der Waals surface area contributed by atoms with Crippen molar-refractivity contribution in [3.8, 4) is 0 Å². The van der Waals surface area contributed by atoms with Gasteiger partial charge in [-0.2, -0.15) is 0 Å². The van der Waals surface area contributed by atoms with Crippen molar-refractivity contribution in [1.29, 1.82) is 5.41 Å². The number of aliphatic imine (C=N–C) groups is 6. The van der Waals surface area contributed by atoms with Crippen molar-refractivity contribution >= 4 is 41.7 Å². The minimum absolute atomic E-state index is 0.380. The zero-order valence-corrected chi connectivity index (χ0v) is 53.8. The van der Waals surface area contributed by atoms with Crippen LogP contribution < -0.4 is 79.9 Å². The van der Waals surface area contributed by atoms with Gasteiger partial charge in [0.15, 0.2) is 85.7 Å². The molecule has 21 saturated heterocycles. The summed E-state index contributed by atoms with van der Waals surface area (Å²) in [7, 11) is 0. The number of ether oxygens (including phenoxy) is 15. The van der Waals surface area contributed by atoms with Crippen LogP contribution in [-0.4, -0.2) is 375 Å². The van der Waals surface area contributed by atoms with E-state index in [0.717, 1.165) is 0 Å². The SMILES string of the molecule is C=CCOC1C2OC(CN=C(N)N)C(OC3OC(CNC(=N)N)C(OC4OC(CN=C(N)N)C(OC5OC(CN=C(N)N)C(OC6OC(CN=C(N)N)C(OC7OC(CN=C(N)N)C(OC8OC(CN=C(N)N)C(O2)C(O)C8O)C(O)C7O)C(O)C6O)C(O)C5O)C(O)C4O)C(O)C3O)C1O. The van der Waals surface area contributed by atoms with Crippen LogP contribution in [0.25, 0.3) is 0 Å². The number of guanidine groups is 7. The average Bonchev–Trinajstić information content (AvgIpc) is 0.782. The maximum atomic E-state index is 12.4. The molecule has 21 fully saturated rings. The Kier molecular flexibility index (Phi) is 28.1. The molecule has 21 aliphatic heterocycles. The van der Waals surface area contributed by atoms with Crippen LogP contribution >= 0.6 is 0 Å². The first-order valence-electron chi connectivity index (χ1n) is 31.3. The van der Waals surface area contributed by atoms with Crippen LogP contribution in [0.3, 0.4) is 0 Å². The third-order valence-electron chi connectivity index (χ3n) is 17.1. The highest BCUT2D eigenvalue weighted by Gasteiger charge is 2.60. The standard InChI is InChI=1S/C52H95N21O28/c1-2-3-87-38-30(86)37-17(10-73-52(65)66)94-45(38)101-36-16(9-72-51(63)64)93-43(29(85)23(36)79)99-34-14(7-70-49(59)60)91-41(27(83)21(34)77)97-32-12(5-68-47(55)56)89-39(25(81)19(32)75)95-31-11(4-67-46(53)54)88-40(24(80)18(31)74)96-33-13(6-69-48(57)58)90-42(26(82)20(33)76)98-35-15(8-71-50(61)62)92-44(100-37)28(84)22(35)78/h2,11-45,74-86H,1,3-10H2,(H4,53,54,67)(H4,55,56,68)(H4,57,58,69)(H4,59,60,70)(H4,61,62,71)(H4,63,64,72)(H4,65,66,73). The number of rotatable bonds is 17. The van der Waals surface area contributed by atoms with E-state index in [1.807, 2.05) is 0 Å². The van der Waals surface area contributed by atoms with Gasteiger partial charge in [0.1, 0.15) is 171 Å². The first kappa shape index (κ1) is 80.2. The summed E-state index contributed by atoms with van der Waals surface area (Å²) in [5.74, 6) is -3.95. The molecule has 35 atom stereocenters. The third kappa shape index (κ3) is 19.5. The Hall–Kier alpha value is -6.49. The van der Waals surface area contributed by atoms with Gasteiger partial charge in [-0.25, -0.2) is 0 Å². The quantitative estimate of drug-likeness (QED) is 0.0365. The van der Waals surface area contributed by atoms with Crippen LogP contribution in [0.1, 0.15) is 0 Å². The Balaban J connectivity index is 1.22. The number of nitrogens with one attached hydrogen (secondary N) is 2. The third-order valence-corrected chi connectivity index (χ3v) is 17.1. The van der Waals surface area contributed by atoms with Crippen LogP contribution in [-0.2, 0) is 71.1 Å². The van der Waals surface area contributed by atoms with Gasteiger partial charge in [0.25, 0.3) is 0 Å². The maximum absolute atomic E-state index is 12.4. The van der Waals surface area contributed by atoms with Crippen LogP contribution in [0.4, 0.5) is 0 Å². The second kappa shape index (κ2) is 35.3. The number of aliphatic hydroxyl groups is 13. The molecule has 0 aromatic carbocycles. The van der Waals surface area contributed by atoms with Gasteiger partial charge in [0, 0.05) is 6.54 Å². The minimum Gasteiger partial charge on any atom is -0.387 e. The van der Waals surface area contributed by atoms with Gasteiger partial charge in [0.05, 0.1) is 45.9 Å². The van der Waals surface area contributed by atoms with Crippen LogP contribution in [0, 0.1) is 5.41 Å². The van der Waals surface area contributed by atoms with Gasteiger partial charge < -0.3 is 217 Å². The lowest BCUT2D eigenvalue weighted by molar-refractivity contribution is -0.392. The molecule has 0 radical (unpaired) electrons. The largest absolute Gasteiger partial charge is 0.387 e. The summed E-state index contributed by atoms with van der Waals surface area (Å²) in [4.78, 5) is 23.8. The summed E-state index contributed by atoms with van der Waals surface area (Å²) in [5.41, 5.74) is 74.3. The van der Waals surface area contributed by atoms with Gasteiger partial charge in [-0.3, -0.25) is 35.4 Å². The molecule has 21 heterocycles. The molecule has 0 saturated carbocycles.